The van der Waals surface area contributed by atoms with Gasteiger partial charge in [0.05, 0.1) is 39.9 Å². The summed E-state index contributed by atoms with van der Waals surface area (Å²) < 4.78 is 23.3. The molecule has 9 heteroatoms. The van der Waals surface area contributed by atoms with E-state index in [1.54, 1.807) is 6.08 Å². The number of allylic oxidation sites excluding steroid dienone is 15. The predicted molar refractivity (Wildman–Crippen MR) is 334 cm³/mol. The molecule has 0 aliphatic rings. The van der Waals surface area contributed by atoms with E-state index in [2.05, 4.69) is 104 Å². The van der Waals surface area contributed by atoms with Gasteiger partial charge in [-0.3, -0.25) is 9.36 Å². The zero-order valence-corrected chi connectivity index (χ0v) is 51.8. The third kappa shape index (κ3) is 60.9. The summed E-state index contributed by atoms with van der Waals surface area (Å²) in [7, 11) is 1.24. The van der Waals surface area contributed by atoms with Gasteiger partial charge in [-0.05, 0) is 83.5 Å². The molecule has 0 saturated carbocycles. The number of nitrogens with zero attached hydrogens (tertiary/aromatic N) is 1. The Balaban J connectivity index is 3.93. The van der Waals surface area contributed by atoms with Gasteiger partial charge in [0.15, 0.2) is 0 Å². The third-order valence-electron chi connectivity index (χ3n) is 14.0. The smallest absolute Gasteiger partial charge is 0.268 e. The maximum Gasteiger partial charge on any atom is 0.268 e. The van der Waals surface area contributed by atoms with Gasteiger partial charge >= 0.3 is 0 Å². The second-order valence-electron chi connectivity index (χ2n) is 22.7. The number of aliphatic hydroxyl groups is 1. The first kappa shape index (κ1) is 74.4. The van der Waals surface area contributed by atoms with Crippen molar-refractivity contribution in [2.75, 3.05) is 40.9 Å². The Morgan fingerprint density at radius 2 is 0.805 bits per heavy atom. The van der Waals surface area contributed by atoms with Crippen molar-refractivity contribution in [2.24, 2.45) is 0 Å². The molecule has 3 unspecified atom stereocenters. The maximum atomic E-state index is 13.0. The lowest BCUT2D eigenvalue weighted by Gasteiger charge is -2.29. The molecule has 0 spiro atoms. The van der Waals surface area contributed by atoms with E-state index >= 15 is 0 Å². The maximum absolute atomic E-state index is 13.0. The summed E-state index contributed by atoms with van der Waals surface area (Å²) in [5.74, 6) is -0.206. The lowest BCUT2D eigenvalue weighted by molar-refractivity contribution is -0.870. The van der Waals surface area contributed by atoms with Gasteiger partial charge in [0.25, 0.3) is 7.82 Å². The van der Waals surface area contributed by atoms with E-state index in [0.29, 0.717) is 17.4 Å². The molecule has 0 fully saturated rings. The molecular formula is C68H123N2O6P. The van der Waals surface area contributed by atoms with Crippen LogP contribution in [0.5, 0.6) is 0 Å². The summed E-state index contributed by atoms with van der Waals surface area (Å²) >= 11 is 0. The average molecular weight is 1100 g/mol. The normalized spacial score (nSPS) is 14.4. The monoisotopic (exact) mass is 1090 g/mol. The van der Waals surface area contributed by atoms with Crippen LogP contribution in [0.1, 0.15) is 277 Å². The molecule has 0 aliphatic carbocycles. The van der Waals surface area contributed by atoms with Gasteiger partial charge in [0.1, 0.15) is 13.2 Å². The first-order chi connectivity index (χ1) is 37.5. The van der Waals surface area contributed by atoms with Crippen molar-refractivity contribution in [2.45, 2.75) is 289 Å². The summed E-state index contributed by atoms with van der Waals surface area (Å²) in [6.07, 6.45) is 83.8. The first-order valence-corrected chi connectivity index (χ1v) is 33.6. The summed E-state index contributed by atoms with van der Waals surface area (Å²) in [5, 5.41) is 13.8. The number of phosphoric acid groups is 1. The molecule has 77 heavy (non-hydrogen) atoms. The fraction of sp³-hybridized carbons (Fsp3) is 0.750. The van der Waals surface area contributed by atoms with Gasteiger partial charge in [-0.2, -0.15) is 0 Å². The summed E-state index contributed by atoms with van der Waals surface area (Å²) in [4.78, 5) is 25.5. The first-order valence-electron chi connectivity index (χ1n) is 32.1. The van der Waals surface area contributed by atoms with Crippen LogP contribution in [0.2, 0.25) is 0 Å². The summed E-state index contributed by atoms with van der Waals surface area (Å²) in [6.45, 7) is 4.51. The topological polar surface area (TPSA) is 108 Å². The van der Waals surface area contributed by atoms with Gasteiger partial charge in [0.2, 0.25) is 5.91 Å². The Morgan fingerprint density at radius 3 is 1.21 bits per heavy atom. The number of hydrogen-bond donors (Lipinski definition) is 2. The number of quaternary nitrogens is 1. The van der Waals surface area contributed by atoms with Crippen LogP contribution >= 0.6 is 7.82 Å². The summed E-state index contributed by atoms with van der Waals surface area (Å²) in [6, 6.07) is -0.905. The number of amides is 1. The highest BCUT2D eigenvalue weighted by molar-refractivity contribution is 7.45. The Kier molecular flexibility index (Phi) is 56.1. The molecule has 0 rings (SSSR count). The quantitative estimate of drug-likeness (QED) is 0.0272. The van der Waals surface area contributed by atoms with Crippen LogP contribution in [0.25, 0.3) is 0 Å². The number of phosphoric ester groups is 1. The predicted octanol–water partition coefficient (Wildman–Crippen LogP) is 19.5. The van der Waals surface area contributed by atoms with Crippen LogP contribution in [0, 0.1) is 0 Å². The number of hydrogen-bond acceptors (Lipinski definition) is 6. The van der Waals surface area contributed by atoms with Crippen molar-refractivity contribution >= 4 is 13.7 Å². The van der Waals surface area contributed by atoms with Gasteiger partial charge < -0.3 is 28.8 Å². The van der Waals surface area contributed by atoms with Crippen LogP contribution in [-0.4, -0.2) is 68.5 Å². The number of unbranched alkanes of at least 4 members (excludes halogenated alkanes) is 31. The van der Waals surface area contributed by atoms with Crippen LogP contribution in [-0.2, 0) is 18.4 Å². The fourth-order valence-corrected chi connectivity index (χ4v) is 9.78. The molecule has 0 bridgehead atoms. The molecule has 3 atom stereocenters. The minimum atomic E-state index is -4.61. The lowest BCUT2D eigenvalue weighted by atomic mass is 10.0. The molecule has 0 aliphatic heterocycles. The number of aliphatic hydroxyl groups excluding tert-OH is 1. The minimum absolute atomic E-state index is 0.00758. The highest BCUT2D eigenvalue weighted by Gasteiger charge is 2.23. The van der Waals surface area contributed by atoms with Gasteiger partial charge in [0, 0.05) is 6.42 Å². The standard InChI is InChI=1S/C68H123N2O6P/c1-6-8-10-12-14-16-18-20-22-23-24-25-26-27-28-29-30-31-32-33-34-35-36-37-38-39-40-41-42-43-44-45-46-47-48-50-52-54-56-58-60-62-68(72)69-66(65-76-77(73,74)75-64-63-70(3,4)5)67(71)61-59-57-55-53-51-49-21-19-17-15-13-11-9-7-2/h8,10,14,16,20,22,24-25,27-28,30-31,51,53,59,61,66-67,71H,6-7,9,11-13,15,17-19,21,23,26,29,32-50,52,54-58,60,62-65H2,1-5H3,(H-,69,72,73,74)/b10-8-,16-14-,22-20-,25-24-,28-27-,31-30-,53-51+,61-59+. The second-order valence-corrected chi connectivity index (χ2v) is 24.1. The SMILES string of the molecule is CC/C=C\C/C=C\C/C=C\C/C=C\C/C=C\C/C=C\CCCCCCCCCCCCCCCCCCCCCCCCC(=O)NC(COP(=O)([O-])OCC[N+](C)(C)C)C(O)/C=C/CC/C=C/CCCCCCCCCC. The van der Waals surface area contributed by atoms with Gasteiger partial charge in [-0.25, -0.2) is 0 Å². The molecule has 1 amide bonds. The number of nitrogens with one attached hydrogen (secondary N) is 1. The highest BCUT2D eigenvalue weighted by Crippen LogP contribution is 2.38. The van der Waals surface area contributed by atoms with E-state index in [4.69, 9.17) is 9.05 Å². The largest absolute Gasteiger partial charge is 0.756 e. The molecule has 0 radical (unpaired) electrons. The van der Waals surface area contributed by atoms with E-state index in [1.807, 2.05) is 27.2 Å². The number of carbonyl (C=O) groups is 1. The Labute approximate surface area is 477 Å². The van der Waals surface area contributed by atoms with E-state index in [1.165, 1.54) is 180 Å². The average Bonchev–Trinajstić information content (AvgIpc) is 3.39. The lowest BCUT2D eigenvalue weighted by Crippen LogP contribution is -2.45. The molecule has 0 aromatic heterocycles. The Morgan fingerprint density at radius 1 is 0.468 bits per heavy atom. The van der Waals surface area contributed by atoms with Crippen molar-refractivity contribution in [3.8, 4) is 0 Å². The van der Waals surface area contributed by atoms with Crippen molar-refractivity contribution < 1.29 is 32.9 Å². The molecule has 0 heterocycles. The van der Waals surface area contributed by atoms with Crippen molar-refractivity contribution in [3.63, 3.8) is 0 Å². The van der Waals surface area contributed by atoms with Crippen molar-refractivity contribution in [1.82, 2.24) is 5.32 Å². The third-order valence-corrected chi connectivity index (χ3v) is 15.0. The molecule has 0 saturated heterocycles. The van der Waals surface area contributed by atoms with Crippen molar-refractivity contribution in [3.05, 3.63) is 97.2 Å². The van der Waals surface area contributed by atoms with E-state index < -0.39 is 26.6 Å². The van der Waals surface area contributed by atoms with Crippen LogP contribution in [0.15, 0.2) is 97.2 Å². The highest BCUT2D eigenvalue weighted by atomic mass is 31.2. The van der Waals surface area contributed by atoms with Crippen LogP contribution in [0.4, 0.5) is 0 Å². The zero-order chi connectivity index (χ0) is 56.3. The fourth-order valence-electron chi connectivity index (χ4n) is 9.06. The molecule has 446 valence electrons. The number of rotatable bonds is 58. The Bertz CT molecular complexity index is 1570. The van der Waals surface area contributed by atoms with Crippen LogP contribution < -0.4 is 10.2 Å². The molecule has 8 nitrogen and oxygen atoms in total. The number of likely N-dealkylation sites (N-methyl/N-ethyl adjacent to an activating group) is 1. The molecule has 0 aromatic carbocycles. The van der Waals surface area contributed by atoms with Crippen LogP contribution in [0.3, 0.4) is 0 Å². The second kappa shape index (κ2) is 58.1. The molecule has 2 N–H and O–H groups in total. The van der Waals surface area contributed by atoms with Gasteiger partial charge in [-0.15, -0.1) is 0 Å². The zero-order valence-electron chi connectivity index (χ0n) is 50.9. The van der Waals surface area contributed by atoms with Gasteiger partial charge in [-0.1, -0.05) is 284 Å². The minimum Gasteiger partial charge on any atom is -0.756 e. The molecule has 0 aromatic rings. The van der Waals surface area contributed by atoms with E-state index in [9.17, 15) is 19.4 Å². The Hall–Kier alpha value is -2.58. The van der Waals surface area contributed by atoms with E-state index in [0.717, 1.165) is 77.0 Å². The number of carbonyl (C=O) groups excluding carboxylic acids is 1. The molecular weight excluding hydrogens is 972 g/mol. The van der Waals surface area contributed by atoms with E-state index in [-0.39, 0.29) is 12.5 Å². The summed E-state index contributed by atoms with van der Waals surface area (Å²) in [5.41, 5.74) is 0. The van der Waals surface area contributed by atoms with Crippen molar-refractivity contribution in [1.29, 1.82) is 0 Å².